The van der Waals surface area contributed by atoms with Crippen molar-refractivity contribution in [2.24, 2.45) is 0 Å². The molecule has 0 radical (unpaired) electrons. The highest BCUT2D eigenvalue weighted by Crippen LogP contribution is 2.34. The van der Waals surface area contributed by atoms with Gasteiger partial charge in [-0.25, -0.2) is 8.42 Å². The number of nitrogens with one attached hydrogen (secondary N) is 1. The van der Waals surface area contributed by atoms with Gasteiger partial charge in [0.05, 0.1) is 12.2 Å². The zero-order valence-electron chi connectivity index (χ0n) is 16.5. The molecule has 0 saturated heterocycles. The van der Waals surface area contributed by atoms with Crippen molar-refractivity contribution in [1.29, 1.82) is 0 Å². The van der Waals surface area contributed by atoms with Crippen LogP contribution in [-0.2, 0) is 16.4 Å². The first-order valence-electron chi connectivity index (χ1n) is 9.24. The lowest BCUT2D eigenvalue weighted by Gasteiger charge is -2.27. The third-order valence-corrected chi connectivity index (χ3v) is 6.54. The fourth-order valence-electron chi connectivity index (χ4n) is 3.08. The first kappa shape index (κ1) is 23.0. The molecule has 1 aliphatic rings. The van der Waals surface area contributed by atoms with Crippen molar-refractivity contribution in [2.45, 2.75) is 12.6 Å². The quantitative estimate of drug-likeness (QED) is 0.624. The van der Waals surface area contributed by atoms with Crippen LogP contribution in [0.3, 0.4) is 0 Å². The fraction of sp³-hybridized carbons (Fsp3) is 0.238. The van der Waals surface area contributed by atoms with E-state index in [9.17, 15) is 21.6 Å². The van der Waals surface area contributed by atoms with E-state index in [-0.39, 0.29) is 6.54 Å². The molecule has 0 aliphatic carbocycles. The monoisotopic (exact) mass is 472 g/mol. The number of allylic oxidation sites excluding steroid dienone is 1. The number of para-hydroxylation sites is 1. The molecule has 2 aromatic carbocycles. The molecule has 0 saturated carbocycles. The van der Waals surface area contributed by atoms with Gasteiger partial charge in [-0.2, -0.15) is 13.2 Å². The van der Waals surface area contributed by atoms with Crippen molar-refractivity contribution in [3.8, 4) is 11.5 Å². The summed E-state index contributed by atoms with van der Waals surface area (Å²) in [6, 6.07) is 14.4. The number of rotatable bonds is 7. The minimum Gasteiger partial charge on any atom is -0.457 e. The number of sulfonamides is 1. The smallest absolute Gasteiger partial charge is 0.404 e. The number of alkyl halides is 3. The van der Waals surface area contributed by atoms with Gasteiger partial charge in [0.1, 0.15) is 11.5 Å². The molecule has 0 amide bonds. The maximum absolute atomic E-state index is 12.6. The van der Waals surface area contributed by atoms with E-state index >= 15 is 0 Å². The lowest BCUT2D eigenvalue weighted by Crippen LogP contribution is -2.37. The molecule has 1 N–H and O–H groups in total. The number of benzene rings is 2. The molecule has 0 atom stereocenters. The van der Waals surface area contributed by atoms with E-state index in [2.05, 4.69) is 5.32 Å². The molecule has 1 aliphatic heterocycles. The van der Waals surface area contributed by atoms with Gasteiger partial charge >= 0.3 is 6.18 Å². The SMILES string of the molecule is CNC1=CN(S(=O)(=O)CC(F)(F)F)CC=C1Cc1c(Cl)cccc1Oc1ccccc1. The summed E-state index contributed by atoms with van der Waals surface area (Å²) < 4.78 is 68.7. The van der Waals surface area contributed by atoms with Gasteiger partial charge in [0.15, 0.2) is 5.75 Å². The van der Waals surface area contributed by atoms with Crippen LogP contribution >= 0.6 is 11.6 Å². The molecule has 10 heteroatoms. The van der Waals surface area contributed by atoms with Crippen LogP contribution in [0.4, 0.5) is 13.2 Å². The Kier molecular flexibility index (Phi) is 6.86. The summed E-state index contributed by atoms with van der Waals surface area (Å²) in [5, 5.41) is 3.30. The molecule has 0 fully saturated rings. The van der Waals surface area contributed by atoms with Crippen molar-refractivity contribution < 1.29 is 26.3 Å². The van der Waals surface area contributed by atoms with Crippen LogP contribution in [0.2, 0.25) is 5.02 Å². The van der Waals surface area contributed by atoms with Gasteiger partial charge in [-0.3, -0.25) is 4.31 Å². The number of nitrogens with zero attached hydrogens (tertiary/aromatic N) is 1. The predicted octanol–water partition coefficient (Wildman–Crippen LogP) is 4.87. The number of likely N-dealkylation sites (N-methyl/N-ethyl adjacent to an activating group) is 1. The minimum absolute atomic E-state index is 0.210. The van der Waals surface area contributed by atoms with Gasteiger partial charge in [-0.05, 0) is 29.8 Å². The molecule has 3 rings (SSSR count). The molecule has 5 nitrogen and oxygen atoms in total. The highest BCUT2D eigenvalue weighted by molar-refractivity contribution is 7.89. The lowest BCUT2D eigenvalue weighted by atomic mass is 10.00. The minimum atomic E-state index is -4.82. The van der Waals surface area contributed by atoms with Crippen molar-refractivity contribution in [3.63, 3.8) is 0 Å². The summed E-state index contributed by atoms with van der Waals surface area (Å²) >= 11 is 6.40. The van der Waals surface area contributed by atoms with Crippen LogP contribution in [0, 0.1) is 0 Å². The van der Waals surface area contributed by atoms with Crippen molar-refractivity contribution >= 4 is 21.6 Å². The van der Waals surface area contributed by atoms with Crippen molar-refractivity contribution in [2.75, 3.05) is 19.3 Å². The molecule has 1 heterocycles. The van der Waals surface area contributed by atoms with Gasteiger partial charge in [-0.15, -0.1) is 0 Å². The number of halogens is 4. The Morgan fingerprint density at radius 2 is 1.84 bits per heavy atom. The largest absolute Gasteiger partial charge is 0.457 e. The van der Waals surface area contributed by atoms with Crippen molar-refractivity contribution in [3.05, 3.63) is 82.7 Å². The van der Waals surface area contributed by atoms with E-state index in [4.69, 9.17) is 16.3 Å². The third-order valence-electron chi connectivity index (χ3n) is 4.52. The number of hydrogen-bond acceptors (Lipinski definition) is 4. The summed E-state index contributed by atoms with van der Waals surface area (Å²) in [5.41, 5.74) is 1.74. The van der Waals surface area contributed by atoms with E-state index in [1.54, 1.807) is 43.5 Å². The Bertz CT molecular complexity index is 1100. The maximum Gasteiger partial charge on any atom is 0.404 e. The average molecular weight is 473 g/mol. The molecule has 166 valence electrons. The van der Waals surface area contributed by atoms with Gasteiger partial charge < -0.3 is 10.1 Å². The summed E-state index contributed by atoms with van der Waals surface area (Å²) in [7, 11) is -2.98. The molecule has 0 spiro atoms. The van der Waals surface area contributed by atoms with Crippen molar-refractivity contribution in [1.82, 2.24) is 9.62 Å². The summed E-state index contributed by atoms with van der Waals surface area (Å²) in [6.07, 6.45) is -1.79. The lowest BCUT2D eigenvalue weighted by molar-refractivity contribution is -0.106. The van der Waals surface area contributed by atoms with Gasteiger partial charge in [-0.1, -0.05) is 41.9 Å². The molecule has 2 aromatic rings. The van der Waals surface area contributed by atoms with E-state index in [1.807, 2.05) is 18.2 Å². The summed E-state index contributed by atoms with van der Waals surface area (Å²) in [5.74, 6) is -0.768. The summed E-state index contributed by atoms with van der Waals surface area (Å²) in [4.78, 5) is 0. The van der Waals surface area contributed by atoms with Crippen LogP contribution in [-0.4, -0.2) is 38.2 Å². The Balaban J connectivity index is 1.85. The van der Waals surface area contributed by atoms with Crippen LogP contribution < -0.4 is 10.1 Å². The molecule has 0 unspecified atom stereocenters. The first-order chi connectivity index (χ1) is 14.6. The Morgan fingerprint density at radius 3 is 2.48 bits per heavy atom. The number of hydrogen-bond donors (Lipinski definition) is 1. The second-order valence-corrected chi connectivity index (χ2v) is 9.10. The first-order valence-corrected chi connectivity index (χ1v) is 11.2. The van der Waals surface area contributed by atoms with E-state index < -0.39 is 22.0 Å². The second-order valence-electron chi connectivity index (χ2n) is 6.77. The highest BCUT2D eigenvalue weighted by atomic mass is 35.5. The summed E-state index contributed by atoms with van der Waals surface area (Å²) in [6.45, 7) is -0.210. The van der Waals surface area contributed by atoms with Gasteiger partial charge in [0, 0.05) is 30.3 Å². The molecule has 31 heavy (non-hydrogen) atoms. The predicted molar refractivity (Wildman–Crippen MR) is 113 cm³/mol. The average Bonchev–Trinajstić information content (AvgIpc) is 2.69. The normalized spacial score (nSPS) is 14.7. The maximum atomic E-state index is 12.6. The fourth-order valence-corrected chi connectivity index (χ4v) is 4.46. The molecular formula is C21H20ClF3N2O3S. The molecule has 0 aromatic heterocycles. The van der Waals surface area contributed by atoms with E-state index in [0.717, 1.165) is 0 Å². The zero-order valence-corrected chi connectivity index (χ0v) is 18.1. The third kappa shape index (κ3) is 5.95. The highest BCUT2D eigenvalue weighted by Gasteiger charge is 2.38. The van der Waals surface area contributed by atoms with Gasteiger partial charge in [0.25, 0.3) is 0 Å². The Labute approximate surface area is 183 Å². The standard InChI is InChI=1S/C21H20ClF3N2O3S/c1-26-19-13-27(31(28,29)14-21(23,24)25)11-10-15(19)12-17-18(22)8-5-9-20(17)30-16-6-3-2-4-7-16/h2-10,13,26H,11-12,14H2,1H3. The molecule has 0 bridgehead atoms. The van der Waals surface area contributed by atoms with E-state index in [1.165, 1.54) is 6.20 Å². The Hall–Kier alpha value is -2.65. The topological polar surface area (TPSA) is 58.6 Å². The van der Waals surface area contributed by atoms with Crippen LogP contribution in [0.1, 0.15) is 5.56 Å². The Morgan fingerprint density at radius 1 is 1.13 bits per heavy atom. The van der Waals surface area contributed by atoms with Crippen LogP contribution in [0.15, 0.2) is 72.1 Å². The zero-order chi connectivity index (χ0) is 22.6. The molecular weight excluding hydrogens is 453 g/mol. The van der Waals surface area contributed by atoms with Gasteiger partial charge in [0.2, 0.25) is 10.0 Å². The van der Waals surface area contributed by atoms with Crippen LogP contribution in [0.5, 0.6) is 11.5 Å². The van der Waals surface area contributed by atoms with E-state index in [0.29, 0.717) is 44.1 Å². The second kappa shape index (κ2) is 9.23. The number of ether oxygens (including phenoxy) is 1. The van der Waals surface area contributed by atoms with Crippen LogP contribution in [0.25, 0.3) is 0 Å².